The topological polar surface area (TPSA) is 184 Å². The highest BCUT2D eigenvalue weighted by molar-refractivity contribution is 5.94. The average molecular weight is 527 g/mol. The number of rotatable bonds is 8. The van der Waals surface area contributed by atoms with Crippen LogP contribution in [0.5, 0.6) is 0 Å². The van der Waals surface area contributed by atoms with Crippen molar-refractivity contribution >= 4 is 17.7 Å². The largest absolute Gasteiger partial charge is 0.366 e. The van der Waals surface area contributed by atoms with Crippen LogP contribution in [0.25, 0.3) is 0 Å². The van der Waals surface area contributed by atoms with Crippen LogP contribution in [0.2, 0.25) is 0 Å². The van der Waals surface area contributed by atoms with Crippen LogP contribution in [0, 0.1) is 11.3 Å². The van der Waals surface area contributed by atoms with Gasteiger partial charge in [0.2, 0.25) is 17.7 Å². The molecular weight excluding hydrogens is 496 g/mol. The number of amides is 3. The molecule has 1 aliphatic heterocycles. The Kier molecular flexibility index (Phi) is 7.13. The van der Waals surface area contributed by atoms with Gasteiger partial charge in [0.25, 0.3) is 0 Å². The number of primary amides is 2. The lowest BCUT2D eigenvalue weighted by Crippen LogP contribution is -2.42. The quantitative estimate of drug-likeness (QED) is 0.315. The molecule has 0 radical (unpaired) electrons. The van der Waals surface area contributed by atoms with E-state index in [1.807, 2.05) is 24.3 Å². The number of benzene rings is 2. The van der Waals surface area contributed by atoms with E-state index < -0.39 is 17.2 Å². The van der Waals surface area contributed by atoms with Crippen LogP contribution in [0.15, 0.2) is 42.7 Å². The van der Waals surface area contributed by atoms with Gasteiger partial charge in [-0.25, -0.2) is 4.98 Å². The van der Waals surface area contributed by atoms with E-state index in [1.54, 1.807) is 17.0 Å². The molecule has 1 fully saturated rings. The van der Waals surface area contributed by atoms with Gasteiger partial charge in [0.15, 0.2) is 0 Å². The second-order valence-electron chi connectivity index (χ2n) is 10.0. The lowest BCUT2D eigenvalue weighted by Gasteiger charge is -2.35. The molecule has 11 nitrogen and oxygen atoms in total. The number of aromatic nitrogens is 3. The third-order valence-corrected chi connectivity index (χ3v) is 7.86. The smallest absolute Gasteiger partial charge is 0.248 e. The number of nitrogens with two attached hydrogens (primary N) is 2. The number of carbonyl (C=O) groups excluding carboxylic acids is 3. The summed E-state index contributed by atoms with van der Waals surface area (Å²) < 4.78 is 0. The van der Waals surface area contributed by atoms with Gasteiger partial charge in [-0.15, -0.1) is 0 Å². The van der Waals surface area contributed by atoms with Crippen molar-refractivity contribution in [3.05, 3.63) is 81.9 Å². The first kappa shape index (κ1) is 26.1. The molecule has 3 aromatic rings. The van der Waals surface area contributed by atoms with E-state index in [1.165, 1.54) is 6.33 Å². The maximum absolute atomic E-state index is 12.8. The molecule has 2 aromatic carbocycles. The summed E-state index contributed by atoms with van der Waals surface area (Å²) in [6.07, 6.45) is 4.68. The third-order valence-electron chi connectivity index (χ3n) is 7.86. The van der Waals surface area contributed by atoms with Crippen molar-refractivity contribution in [3.63, 3.8) is 0 Å². The molecule has 1 unspecified atom stereocenters. The summed E-state index contributed by atoms with van der Waals surface area (Å²) in [7, 11) is 0. The fourth-order valence-electron chi connectivity index (χ4n) is 5.98. The SMILES string of the molecule is N#CC1CCCN1C(=O)CNCCC1(c2ncn[nH]2)c2ccc(C(N)=O)cc2CCc2cc(C(N)=O)ccc21. The van der Waals surface area contributed by atoms with E-state index in [4.69, 9.17) is 11.5 Å². The summed E-state index contributed by atoms with van der Waals surface area (Å²) in [6.45, 7) is 1.13. The van der Waals surface area contributed by atoms with E-state index in [9.17, 15) is 19.6 Å². The summed E-state index contributed by atoms with van der Waals surface area (Å²) >= 11 is 0. The lowest BCUT2D eigenvalue weighted by molar-refractivity contribution is -0.130. The summed E-state index contributed by atoms with van der Waals surface area (Å²) in [5.41, 5.74) is 14.9. The Labute approximate surface area is 225 Å². The Morgan fingerprint density at radius 2 is 1.72 bits per heavy atom. The molecule has 1 aliphatic carbocycles. The second kappa shape index (κ2) is 10.7. The number of hydrogen-bond donors (Lipinski definition) is 4. The number of nitriles is 1. The van der Waals surface area contributed by atoms with E-state index in [-0.39, 0.29) is 18.5 Å². The Balaban J connectivity index is 1.55. The Morgan fingerprint density at radius 1 is 1.08 bits per heavy atom. The minimum absolute atomic E-state index is 0.103. The number of aromatic amines is 1. The molecule has 6 N–H and O–H groups in total. The highest BCUT2D eigenvalue weighted by Gasteiger charge is 2.43. The van der Waals surface area contributed by atoms with E-state index in [2.05, 4.69) is 26.6 Å². The number of carbonyl (C=O) groups is 3. The van der Waals surface area contributed by atoms with Crippen molar-refractivity contribution in [1.29, 1.82) is 5.26 Å². The summed E-state index contributed by atoms with van der Waals surface area (Å²) in [5, 5.41) is 19.8. The molecule has 3 amide bonds. The number of hydrogen-bond acceptors (Lipinski definition) is 7. The number of aryl methyl sites for hydroxylation is 2. The third kappa shape index (κ3) is 4.75. The molecule has 39 heavy (non-hydrogen) atoms. The molecule has 0 saturated carbocycles. The lowest BCUT2D eigenvalue weighted by atomic mass is 9.69. The van der Waals surface area contributed by atoms with Crippen molar-refractivity contribution in [2.45, 2.75) is 43.6 Å². The van der Waals surface area contributed by atoms with Gasteiger partial charge in [-0.3, -0.25) is 19.5 Å². The van der Waals surface area contributed by atoms with Crippen LogP contribution in [0.4, 0.5) is 0 Å². The number of likely N-dealkylation sites (tertiary alicyclic amines) is 1. The van der Waals surface area contributed by atoms with Crippen molar-refractivity contribution in [2.75, 3.05) is 19.6 Å². The van der Waals surface area contributed by atoms with Gasteiger partial charge in [-0.05, 0) is 85.2 Å². The molecule has 0 bridgehead atoms. The van der Waals surface area contributed by atoms with Crippen LogP contribution in [0.1, 0.15) is 68.1 Å². The molecule has 2 aliphatic rings. The number of H-pyrrole nitrogens is 1. The van der Waals surface area contributed by atoms with Gasteiger partial charge < -0.3 is 21.7 Å². The highest BCUT2D eigenvalue weighted by atomic mass is 16.2. The fraction of sp³-hybridized carbons (Fsp3) is 0.357. The number of fused-ring (bicyclic) bond motifs is 2. The van der Waals surface area contributed by atoms with Crippen LogP contribution < -0.4 is 16.8 Å². The first-order valence-corrected chi connectivity index (χ1v) is 13.0. The second-order valence-corrected chi connectivity index (χ2v) is 10.0. The minimum atomic E-state index is -0.830. The molecule has 11 heteroatoms. The standard InChI is InChI=1S/C28H30N8O3/c29-14-21-2-1-11-36(21)24(37)15-32-10-9-28(27-33-16-34-35-27)22-7-5-19(25(30)38)12-17(22)3-4-18-13-20(26(31)39)6-8-23(18)28/h5-8,12-13,16,21,32H,1-4,9-11,15H2,(H2,30,38)(H2,31,39)(H,33,34,35). The number of nitrogens with zero attached hydrogens (tertiary/aromatic N) is 4. The maximum Gasteiger partial charge on any atom is 0.248 e. The Hall–Kier alpha value is -4.56. The summed E-state index contributed by atoms with van der Waals surface area (Å²) in [4.78, 5) is 43.0. The van der Waals surface area contributed by atoms with E-state index >= 15 is 0 Å². The molecular formula is C28H30N8O3. The zero-order valence-electron chi connectivity index (χ0n) is 21.4. The molecule has 2 heterocycles. The summed E-state index contributed by atoms with van der Waals surface area (Å²) in [6, 6.07) is 12.7. The van der Waals surface area contributed by atoms with Gasteiger partial charge in [0, 0.05) is 17.7 Å². The Morgan fingerprint density at radius 3 is 2.26 bits per heavy atom. The summed E-state index contributed by atoms with van der Waals surface area (Å²) in [5.74, 6) is -0.536. The van der Waals surface area contributed by atoms with Gasteiger partial charge in [0.05, 0.1) is 18.0 Å². The molecule has 1 saturated heterocycles. The van der Waals surface area contributed by atoms with Crippen LogP contribution in [0.3, 0.4) is 0 Å². The zero-order valence-corrected chi connectivity index (χ0v) is 21.4. The molecule has 1 aromatic heterocycles. The van der Waals surface area contributed by atoms with Gasteiger partial charge in [-0.2, -0.15) is 10.4 Å². The van der Waals surface area contributed by atoms with Gasteiger partial charge in [0.1, 0.15) is 18.2 Å². The predicted molar refractivity (Wildman–Crippen MR) is 141 cm³/mol. The molecule has 5 rings (SSSR count). The van der Waals surface area contributed by atoms with E-state index in [0.717, 1.165) is 28.7 Å². The molecule has 1 atom stereocenters. The fourth-order valence-corrected chi connectivity index (χ4v) is 5.98. The van der Waals surface area contributed by atoms with E-state index in [0.29, 0.717) is 55.7 Å². The van der Waals surface area contributed by atoms with Crippen molar-refractivity contribution < 1.29 is 14.4 Å². The zero-order chi connectivity index (χ0) is 27.6. The Bertz CT molecular complexity index is 1390. The monoisotopic (exact) mass is 526 g/mol. The van der Waals surface area contributed by atoms with Crippen LogP contribution in [-0.4, -0.2) is 63.5 Å². The first-order valence-electron chi connectivity index (χ1n) is 13.0. The average Bonchev–Trinajstić information content (AvgIpc) is 3.63. The van der Waals surface area contributed by atoms with Crippen LogP contribution in [-0.2, 0) is 23.1 Å². The number of nitrogens with one attached hydrogen (secondary N) is 2. The van der Waals surface area contributed by atoms with Crippen molar-refractivity contribution in [2.24, 2.45) is 11.5 Å². The normalized spacial score (nSPS) is 17.5. The molecule has 0 spiro atoms. The first-order chi connectivity index (χ1) is 18.8. The molecule has 200 valence electrons. The highest BCUT2D eigenvalue weighted by Crippen LogP contribution is 2.46. The predicted octanol–water partition coefficient (Wildman–Crippen LogP) is 0.930. The van der Waals surface area contributed by atoms with Gasteiger partial charge >= 0.3 is 0 Å². The maximum atomic E-state index is 12.8. The van der Waals surface area contributed by atoms with Gasteiger partial charge in [-0.1, -0.05) is 12.1 Å². The minimum Gasteiger partial charge on any atom is -0.366 e. The van der Waals surface area contributed by atoms with Crippen molar-refractivity contribution in [1.82, 2.24) is 25.4 Å². The van der Waals surface area contributed by atoms with Crippen molar-refractivity contribution in [3.8, 4) is 6.07 Å². The van der Waals surface area contributed by atoms with Crippen LogP contribution >= 0.6 is 0 Å².